The Morgan fingerprint density at radius 2 is 2.33 bits per heavy atom. The van der Waals surface area contributed by atoms with Crippen LogP contribution >= 0.6 is 0 Å². The van der Waals surface area contributed by atoms with Crippen LogP contribution in [0.3, 0.4) is 0 Å². The Balaban J connectivity index is 2.61. The molecule has 3 heteroatoms. The van der Waals surface area contributed by atoms with Crippen LogP contribution in [0, 0.1) is 11.8 Å². The third-order valence-corrected chi connectivity index (χ3v) is 3.08. The van der Waals surface area contributed by atoms with Crippen molar-refractivity contribution in [3.8, 4) is 0 Å². The molecule has 1 aliphatic rings. The van der Waals surface area contributed by atoms with Crippen molar-refractivity contribution >= 4 is 5.91 Å². The third kappa shape index (κ3) is 2.81. The number of likely N-dealkylation sites (N-methyl/N-ethyl adjacent to an activating group) is 1. The molecule has 0 aromatic carbocycles. The van der Waals surface area contributed by atoms with Gasteiger partial charge in [-0.1, -0.05) is 19.9 Å². The van der Waals surface area contributed by atoms with Gasteiger partial charge < -0.3 is 10.2 Å². The molecule has 2 atom stereocenters. The zero-order valence-electron chi connectivity index (χ0n) is 9.99. The van der Waals surface area contributed by atoms with Crippen molar-refractivity contribution in [1.29, 1.82) is 0 Å². The summed E-state index contributed by atoms with van der Waals surface area (Å²) in [4.78, 5) is 13.9. The van der Waals surface area contributed by atoms with Gasteiger partial charge in [-0.05, 0) is 18.9 Å². The fraction of sp³-hybridized carbons (Fsp3) is 0.750. The Morgan fingerprint density at radius 1 is 1.67 bits per heavy atom. The minimum atomic E-state index is 0.148. The molecule has 1 N–H and O–H groups in total. The highest BCUT2D eigenvalue weighted by atomic mass is 16.2. The summed E-state index contributed by atoms with van der Waals surface area (Å²) in [5, 5.41) is 3.41. The molecule has 0 aromatic rings. The van der Waals surface area contributed by atoms with Crippen molar-refractivity contribution in [3.05, 3.63) is 12.7 Å². The Kier molecular flexibility index (Phi) is 4.33. The van der Waals surface area contributed by atoms with Crippen molar-refractivity contribution in [2.24, 2.45) is 11.8 Å². The predicted octanol–water partition coefficient (Wildman–Crippen LogP) is 1.26. The first-order chi connectivity index (χ1) is 7.07. The largest absolute Gasteiger partial charge is 0.342 e. The molecule has 1 fully saturated rings. The lowest BCUT2D eigenvalue weighted by molar-refractivity contribution is -0.134. The maximum Gasteiger partial charge on any atom is 0.227 e. The molecular formula is C12H22N2O. The standard InChI is InChI=1S/C12H22N2O/c1-5-8-14(4)12(15)10-6-7-13-11(10)9(2)3/h5,9-11,13H,1,6-8H2,2-4H3. The van der Waals surface area contributed by atoms with Crippen LogP contribution in [0.2, 0.25) is 0 Å². The molecule has 1 amide bonds. The summed E-state index contributed by atoms with van der Waals surface area (Å²) in [6.07, 6.45) is 2.73. The molecule has 0 aliphatic carbocycles. The molecule has 1 saturated heterocycles. The Hall–Kier alpha value is -0.830. The van der Waals surface area contributed by atoms with E-state index >= 15 is 0 Å². The van der Waals surface area contributed by atoms with Crippen molar-refractivity contribution in [2.45, 2.75) is 26.3 Å². The fourth-order valence-corrected chi connectivity index (χ4v) is 2.27. The first kappa shape index (κ1) is 12.2. The zero-order chi connectivity index (χ0) is 11.4. The maximum atomic E-state index is 12.1. The monoisotopic (exact) mass is 210 g/mol. The average molecular weight is 210 g/mol. The van der Waals surface area contributed by atoms with Gasteiger partial charge in [0.2, 0.25) is 5.91 Å². The molecule has 0 saturated carbocycles. The lowest BCUT2D eigenvalue weighted by atomic mass is 9.91. The summed E-state index contributed by atoms with van der Waals surface area (Å²) in [5.41, 5.74) is 0. The van der Waals surface area contributed by atoms with Gasteiger partial charge in [0.05, 0.1) is 5.92 Å². The zero-order valence-corrected chi connectivity index (χ0v) is 9.99. The van der Waals surface area contributed by atoms with Gasteiger partial charge in [0.1, 0.15) is 0 Å². The summed E-state index contributed by atoms with van der Waals surface area (Å²) in [6.45, 7) is 9.58. The molecule has 0 spiro atoms. The van der Waals surface area contributed by atoms with Gasteiger partial charge in [-0.15, -0.1) is 6.58 Å². The van der Waals surface area contributed by atoms with E-state index in [1.54, 1.807) is 11.0 Å². The van der Waals surface area contributed by atoms with Crippen molar-refractivity contribution in [2.75, 3.05) is 20.1 Å². The highest BCUT2D eigenvalue weighted by Crippen LogP contribution is 2.23. The highest BCUT2D eigenvalue weighted by molar-refractivity contribution is 5.79. The van der Waals surface area contributed by atoms with Gasteiger partial charge in [0, 0.05) is 19.6 Å². The quantitative estimate of drug-likeness (QED) is 0.709. The van der Waals surface area contributed by atoms with E-state index in [2.05, 4.69) is 25.7 Å². The van der Waals surface area contributed by atoms with E-state index in [1.165, 1.54) is 0 Å². The van der Waals surface area contributed by atoms with Crippen molar-refractivity contribution in [3.63, 3.8) is 0 Å². The van der Waals surface area contributed by atoms with E-state index in [9.17, 15) is 4.79 Å². The van der Waals surface area contributed by atoms with E-state index in [0.29, 0.717) is 18.5 Å². The number of hydrogen-bond acceptors (Lipinski definition) is 2. The number of rotatable bonds is 4. The second-order valence-corrected chi connectivity index (χ2v) is 4.63. The smallest absolute Gasteiger partial charge is 0.227 e. The molecule has 0 aromatic heterocycles. The lowest BCUT2D eigenvalue weighted by Gasteiger charge is -2.26. The molecule has 2 unspecified atom stereocenters. The first-order valence-electron chi connectivity index (χ1n) is 5.67. The molecule has 1 aliphatic heterocycles. The van der Waals surface area contributed by atoms with E-state index in [0.717, 1.165) is 13.0 Å². The van der Waals surface area contributed by atoms with Crippen LogP contribution in [0.5, 0.6) is 0 Å². The topological polar surface area (TPSA) is 32.3 Å². The number of hydrogen-bond donors (Lipinski definition) is 1. The molecule has 1 heterocycles. The van der Waals surface area contributed by atoms with E-state index in [-0.39, 0.29) is 11.8 Å². The molecular weight excluding hydrogens is 188 g/mol. The number of nitrogens with one attached hydrogen (secondary N) is 1. The van der Waals surface area contributed by atoms with Crippen LogP contribution in [0.15, 0.2) is 12.7 Å². The van der Waals surface area contributed by atoms with Gasteiger partial charge in [0.15, 0.2) is 0 Å². The Labute approximate surface area is 92.5 Å². The van der Waals surface area contributed by atoms with Crippen LogP contribution in [0.1, 0.15) is 20.3 Å². The second kappa shape index (κ2) is 5.31. The van der Waals surface area contributed by atoms with Gasteiger partial charge in [-0.25, -0.2) is 0 Å². The Morgan fingerprint density at radius 3 is 2.87 bits per heavy atom. The molecule has 0 radical (unpaired) electrons. The average Bonchev–Trinajstić information content (AvgIpc) is 2.65. The normalized spacial score (nSPS) is 25.6. The molecule has 3 nitrogen and oxygen atoms in total. The van der Waals surface area contributed by atoms with Crippen LogP contribution in [-0.2, 0) is 4.79 Å². The number of nitrogens with zero attached hydrogens (tertiary/aromatic N) is 1. The third-order valence-electron chi connectivity index (χ3n) is 3.08. The van der Waals surface area contributed by atoms with E-state index in [4.69, 9.17) is 0 Å². The molecule has 86 valence electrons. The minimum Gasteiger partial charge on any atom is -0.342 e. The van der Waals surface area contributed by atoms with Crippen LogP contribution < -0.4 is 5.32 Å². The molecule has 0 bridgehead atoms. The number of amides is 1. The lowest BCUT2D eigenvalue weighted by Crippen LogP contribution is -2.42. The second-order valence-electron chi connectivity index (χ2n) is 4.63. The summed E-state index contributed by atoms with van der Waals surface area (Å²) in [6, 6.07) is 0.338. The minimum absolute atomic E-state index is 0.148. The number of carbonyl (C=O) groups excluding carboxylic acids is 1. The van der Waals surface area contributed by atoms with Crippen molar-refractivity contribution in [1.82, 2.24) is 10.2 Å². The summed E-state index contributed by atoms with van der Waals surface area (Å²) < 4.78 is 0. The molecule has 15 heavy (non-hydrogen) atoms. The Bertz CT molecular complexity index is 238. The van der Waals surface area contributed by atoms with Crippen LogP contribution in [0.4, 0.5) is 0 Å². The van der Waals surface area contributed by atoms with E-state index in [1.807, 2.05) is 7.05 Å². The van der Waals surface area contributed by atoms with E-state index < -0.39 is 0 Å². The summed E-state index contributed by atoms with van der Waals surface area (Å²) >= 11 is 0. The summed E-state index contributed by atoms with van der Waals surface area (Å²) in [5.74, 6) is 0.909. The summed E-state index contributed by atoms with van der Waals surface area (Å²) in [7, 11) is 1.85. The van der Waals surface area contributed by atoms with Crippen LogP contribution in [-0.4, -0.2) is 37.0 Å². The van der Waals surface area contributed by atoms with Crippen LogP contribution in [0.25, 0.3) is 0 Å². The maximum absolute atomic E-state index is 12.1. The first-order valence-corrected chi connectivity index (χ1v) is 5.67. The SMILES string of the molecule is C=CCN(C)C(=O)C1CCNC1C(C)C. The highest BCUT2D eigenvalue weighted by Gasteiger charge is 2.35. The molecule has 1 rings (SSSR count). The van der Waals surface area contributed by atoms with Gasteiger partial charge >= 0.3 is 0 Å². The number of carbonyl (C=O) groups is 1. The van der Waals surface area contributed by atoms with Crippen molar-refractivity contribution < 1.29 is 4.79 Å². The van der Waals surface area contributed by atoms with Gasteiger partial charge in [-0.2, -0.15) is 0 Å². The predicted molar refractivity (Wildman–Crippen MR) is 62.6 cm³/mol. The van der Waals surface area contributed by atoms with Gasteiger partial charge in [-0.3, -0.25) is 4.79 Å². The van der Waals surface area contributed by atoms with Gasteiger partial charge in [0.25, 0.3) is 0 Å². The fourth-order valence-electron chi connectivity index (χ4n) is 2.27.